The van der Waals surface area contributed by atoms with Gasteiger partial charge < -0.3 is 24.8 Å². The van der Waals surface area contributed by atoms with Gasteiger partial charge in [0.2, 0.25) is 0 Å². The molecule has 5 aromatic rings. The second-order valence-electron chi connectivity index (χ2n) is 10.2. The Morgan fingerprint density at radius 3 is 1.50 bits per heavy atom. The zero-order chi connectivity index (χ0) is 28.3. The fraction of sp³-hybridized carbons (Fsp3) is 0.231. The van der Waals surface area contributed by atoms with Crippen LogP contribution in [0, 0.1) is 6.08 Å². The Morgan fingerprint density at radius 2 is 1.12 bits per heavy atom. The fourth-order valence-electron chi connectivity index (χ4n) is 5.15. The molecule has 0 aromatic heterocycles. The van der Waals surface area contributed by atoms with Gasteiger partial charge in [0.25, 0.3) is 0 Å². The standard InChI is InChI=1S/C17H17.C13H10.C9H13.2ClH.Zr/c1-3-12-5-7-16-14(9-12)11-15-10-13(4-2)6-8-17(15)16;1-3-7-12(8-4-1)11-13-9-5-2-6-10-13;1-3-8-6-5-7-9(8)4-2;;;/h5-11H,3-4H2,1-2H3;1-10H;6H,3-4,7H2,1-2H3;2*1H;/q-1;;-1;;;+2/p-2. The van der Waals surface area contributed by atoms with Crippen LogP contribution in [0.2, 0.25) is 0 Å². The minimum atomic E-state index is 0. The second kappa shape index (κ2) is 18.3. The van der Waals surface area contributed by atoms with Gasteiger partial charge in [-0.3, -0.25) is 6.08 Å². The van der Waals surface area contributed by atoms with Crippen molar-refractivity contribution in [2.45, 2.75) is 59.8 Å². The van der Waals surface area contributed by atoms with Gasteiger partial charge in [0.1, 0.15) is 0 Å². The molecule has 0 radical (unpaired) electrons. The van der Waals surface area contributed by atoms with E-state index in [1.54, 1.807) is 5.57 Å². The summed E-state index contributed by atoms with van der Waals surface area (Å²) in [5.41, 5.74) is 8.59. The van der Waals surface area contributed by atoms with E-state index in [0.29, 0.717) is 0 Å². The number of benzene rings is 4. The molecule has 6 rings (SSSR count). The summed E-state index contributed by atoms with van der Waals surface area (Å²) in [4.78, 5) is 0. The molecule has 0 saturated carbocycles. The molecule has 0 spiro atoms. The Hall–Kier alpha value is -2.44. The van der Waals surface area contributed by atoms with E-state index in [4.69, 9.17) is 0 Å². The third kappa shape index (κ3) is 9.28. The Balaban J connectivity index is 0.000000225. The van der Waals surface area contributed by atoms with E-state index in [2.05, 4.69) is 143 Å². The van der Waals surface area contributed by atoms with Gasteiger partial charge in [-0.25, -0.2) is 6.08 Å². The summed E-state index contributed by atoms with van der Waals surface area (Å²) >= 11 is 1.46. The average Bonchev–Trinajstić information content (AvgIpc) is 3.65. The van der Waals surface area contributed by atoms with Crippen molar-refractivity contribution in [3.63, 3.8) is 0 Å². The zero-order valence-corrected chi connectivity index (χ0v) is 29.2. The number of hydrogen-bond donors (Lipinski definition) is 0. The van der Waals surface area contributed by atoms with Crippen LogP contribution in [0.5, 0.6) is 0 Å². The number of allylic oxidation sites excluding steroid dienone is 4. The molecule has 0 aliphatic heterocycles. The Morgan fingerprint density at radius 1 is 0.643 bits per heavy atom. The first-order valence-corrected chi connectivity index (χ1v) is 15.9. The van der Waals surface area contributed by atoms with Crippen LogP contribution in [-0.4, -0.2) is 3.21 Å². The molecule has 0 N–H and O–H groups in total. The van der Waals surface area contributed by atoms with Gasteiger partial charge in [-0.05, 0) is 12.8 Å². The van der Waals surface area contributed by atoms with Crippen molar-refractivity contribution in [3.05, 3.63) is 149 Å². The molecule has 1 aliphatic carbocycles. The monoisotopic (exact) mass is 668 g/mol. The van der Waals surface area contributed by atoms with Gasteiger partial charge in [0.05, 0.1) is 0 Å². The summed E-state index contributed by atoms with van der Waals surface area (Å²) < 4.78 is 1.42. The van der Waals surface area contributed by atoms with Crippen LogP contribution in [0.25, 0.3) is 21.5 Å². The summed E-state index contributed by atoms with van der Waals surface area (Å²) in [6.07, 6.45) is 11.0. The van der Waals surface area contributed by atoms with Gasteiger partial charge in [-0.15, -0.1) is 46.2 Å². The SMILES string of the molecule is CCC1=C(CC)C[C-]=C1.CCc1ccc2c(c1)[cH-]c1cc(CC)ccc12.[Cl-].[Cl-].[Zr+2]=[C](c1ccccc1)c1ccccc1. The normalized spacial score (nSPS) is 11.7. The van der Waals surface area contributed by atoms with Crippen molar-refractivity contribution in [2.75, 3.05) is 0 Å². The topological polar surface area (TPSA) is 0 Å². The second-order valence-corrected chi connectivity index (χ2v) is 11.4. The molecule has 0 saturated heterocycles. The molecule has 1 aliphatic rings. The summed E-state index contributed by atoms with van der Waals surface area (Å²) in [5, 5.41) is 5.54. The van der Waals surface area contributed by atoms with Gasteiger partial charge in [-0.2, -0.15) is 11.1 Å². The van der Waals surface area contributed by atoms with Crippen LogP contribution in [0.3, 0.4) is 0 Å². The number of aryl methyl sites for hydroxylation is 2. The van der Waals surface area contributed by atoms with Gasteiger partial charge in [0, 0.05) is 0 Å². The van der Waals surface area contributed by atoms with Crippen molar-refractivity contribution >= 4 is 24.8 Å². The van der Waals surface area contributed by atoms with Crippen molar-refractivity contribution in [3.8, 4) is 0 Å². The van der Waals surface area contributed by atoms with Crippen molar-refractivity contribution < 1.29 is 49.0 Å². The number of rotatable bonds is 6. The molecule has 0 fully saturated rings. The molecular weight excluding hydrogens is 631 g/mol. The first-order valence-electron chi connectivity index (χ1n) is 14.7. The van der Waals surface area contributed by atoms with Crippen LogP contribution in [0.4, 0.5) is 0 Å². The zero-order valence-electron chi connectivity index (χ0n) is 25.2. The third-order valence-electron chi connectivity index (χ3n) is 7.63. The first-order chi connectivity index (χ1) is 19.6. The van der Waals surface area contributed by atoms with Gasteiger partial charge in [0.15, 0.2) is 0 Å². The quantitative estimate of drug-likeness (QED) is 0.234. The molecule has 5 aromatic carbocycles. The van der Waals surface area contributed by atoms with E-state index < -0.39 is 0 Å². The average molecular weight is 671 g/mol. The number of fused-ring (bicyclic) bond motifs is 3. The molecule has 42 heavy (non-hydrogen) atoms. The van der Waals surface area contributed by atoms with Crippen LogP contribution < -0.4 is 24.8 Å². The predicted molar refractivity (Wildman–Crippen MR) is 172 cm³/mol. The maximum atomic E-state index is 3.23. The molecule has 0 nitrogen and oxygen atoms in total. The van der Waals surface area contributed by atoms with E-state index in [1.165, 1.54) is 89.7 Å². The van der Waals surface area contributed by atoms with E-state index >= 15 is 0 Å². The third-order valence-corrected chi connectivity index (χ3v) is 9.05. The summed E-state index contributed by atoms with van der Waals surface area (Å²) in [5.74, 6) is 0. The predicted octanol–water partition coefficient (Wildman–Crippen LogP) is 4.51. The fourth-order valence-corrected chi connectivity index (χ4v) is 5.97. The van der Waals surface area contributed by atoms with Gasteiger partial charge >= 0.3 is 99.2 Å². The van der Waals surface area contributed by atoms with E-state index in [1.807, 2.05) is 0 Å². The van der Waals surface area contributed by atoms with Crippen LogP contribution in [-0.2, 0) is 37.1 Å². The first kappa shape index (κ1) is 35.8. The minimum absolute atomic E-state index is 0. The maximum absolute atomic E-state index is 3.23. The van der Waals surface area contributed by atoms with Crippen LogP contribution >= 0.6 is 0 Å². The van der Waals surface area contributed by atoms with E-state index in [9.17, 15) is 0 Å². The summed E-state index contributed by atoms with van der Waals surface area (Å²) in [7, 11) is 0. The van der Waals surface area contributed by atoms with Gasteiger partial charge in [-0.1, -0.05) is 75.9 Å². The molecule has 3 heteroatoms. The number of hydrogen-bond acceptors (Lipinski definition) is 0. The molecular formula is C39H40Cl2Zr-2. The van der Waals surface area contributed by atoms with Crippen molar-refractivity contribution in [1.29, 1.82) is 0 Å². The molecule has 216 valence electrons. The molecule has 0 unspecified atom stereocenters. The van der Waals surface area contributed by atoms with E-state index in [0.717, 1.165) is 19.3 Å². The Bertz CT molecular complexity index is 1510. The Labute approximate surface area is 280 Å². The number of halogens is 2. The molecule has 0 bridgehead atoms. The molecule has 0 heterocycles. The molecule has 0 atom stereocenters. The summed E-state index contributed by atoms with van der Waals surface area (Å²) in [6, 6.07) is 37.1. The summed E-state index contributed by atoms with van der Waals surface area (Å²) in [6.45, 7) is 8.83. The van der Waals surface area contributed by atoms with Crippen molar-refractivity contribution in [2.24, 2.45) is 0 Å². The van der Waals surface area contributed by atoms with Crippen molar-refractivity contribution in [1.82, 2.24) is 0 Å². The Kier molecular flexibility index (Phi) is 15.6. The molecule has 0 amide bonds. The van der Waals surface area contributed by atoms with E-state index in [-0.39, 0.29) is 24.8 Å². The van der Waals surface area contributed by atoms with Crippen LogP contribution in [0.1, 0.15) is 69.2 Å². The van der Waals surface area contributed by atoms with Crippen LogP contribution in [0.15, 0.2) is 120 Å².